The molecular weight excluding hydrogens is 457 g/mol. The van der Waals surface area contributed by atoms with E-state index in [0.717, 1.165) is 25.1 Å². The van der Waals surface area contributed by atoms with E-state index in [2.05, 4.69) is 15.6 Å². The molecule has 0 unspecified atom stereocenters. The lowest BCUT2D eigenvalue weighted by Gasteiger charge is -2.14. The molecular formula is C25H30FN3O4S. The first-order valence-corrected chi connectivity index (χ1v) is 12.1. The van der Waals surface area contributed by atoms with Gasteiger partial charge in [-0.15, -0.1) is 0 Å². The van der Waals surface area contributed by atoms with Gasteiger partial charge < -0.3 is 24.8 Å². The molecule has 34 heavy (non-hydrogen) atoms. The van der Waals surface area contributed by atoms with Crippen LogP contribution in [0.15, 0.2) is 42.6 Å². The molecule has 0 atom stereocenters. The molecule has 182 valence electrons. The number of ether oxygens (including phenoxy) is 3. The van der Waals surface area contributed by atoms with Crippen LogP contribution in [0.4, 0.5) is 10.1 Å². The Hall–Kier alpha value is -3.04. The summed E-state index contributed by atoms with van der Waals surface area (Å²) in [5, 5.41) is 7.08. The number of fused-ring (bicyclic) bond motifs is 1. The van der Waals surface area contributed by atoms with Gasteiger partial charge in [0.25, 0.3) is 0 Å². The summed E-state index contributed by atoms with van der Waals surface area (Å²) in [6, 6.07) is 9.97. The van der Waals surface area contributed by atoms with E-state index in [9.17, 15) is 9.18 Å². The van der Waals surface area contributed by atoms with Crippen molar-refractivity contribution in [1.29, 1.82) is 0 Å². The van der Waals surface area contributed by atoms with Crippen molar-refractivity contribution >= 4 is 33.5 Å². The second-order valence-electron chi connectivity index (χ2n) is 7.47. The number of benzene rings is 2. The van der Waals surface area contributed by atoms with Crippen LogP contribution < -0.4 is 24.8 Å². The smallest absolute Gasteiger partial charge is 0.185 e. The summed E-state index contributed by atoms with van der Waals surface area (Å²) < 4.78 is 31.7. The van der Waals surface area contributed by atoms with Crippen LogP contribution in [0.2, 0.25) is 0 Å². The van der Waals surface area contributed by atoms with E-state index in [1.807, 2.05) is 0 Å². The lowest BCUT2D eigenvalue weighted by Crippen LogP contribution is -2.22. The van der Waals surface area contributed by atoms with Crippen LogP contribution in [0.25, 0.3) is 10.9 Å². The molecule has 0 bridgehead atoms. The maximum Gasteiger partial charge on any atom is 0.185 e. The number of nitrogens with zero attached hydrogens (tertiary/aromatic N) is 1. The normalized spacial score (nSPS) is 10.8. The van der Waals surface area contributed by atoms with Crippen molar-refractivity contribution in [3.63, 3.8) is 0 Å². The molecule has 0 saturated heterocycles. The molecule has 0 spiro atoms. The van der Waals surface area contributed by atoms with Crippen LogP contribution in [0, 0.1) is 5.82 Å². The topological polar surface area (TPSA) is 81.7 Å². The Morgan fingerprint density at radius 3 is 2.65 bits per heavy atom. The maximum atomic E-state index is 14.4. The van der Waals surface area contributed by atoms with Gasteiger partial charge in [0.2, 0.25) is 0 Å². The van der Waals surface area contributed by atoms with Crippen molar-refractivity contribution in [2.24, 2.45) is 0 Å². The van der Waals surface area contributed by atoms with Gasteiger partial charge in [-0.1, -0.05) is 11.8 Å². The summed E-state index contributed by atoms with van der Waals surface area (Å²) in [5.74, 6) is 2.09. The monoisotopic (exact) mass is 487 g/mol. The van der Waals surface area contributed by atoms with Crippen molar-refractivity contribution in [2.75, 3.05) is 44.9 Å². The number of aromatic nitrogens is 1. The number of pyridine rings is 1. The molecule has 0 aliphatic rings. The quantitative estimate of drug-likeness (QED) is 0.317. The number of hydrogen-bond donors (Lipinski definition) is 2. The Morgan fingerprint density at radius 1 is 1.06 bits per heavy atom. The van der Waals surface area contributed by atoms with Crippen LogP contribution in [0.1, 0.15) is 19.8 Å². The summed E-state index contributed by atoms with van der Waals surface area (Å²) in [4.78, 5) is 15.3. The number of nitrogens with one attached hydrogen (secondary N) is 2. The van der Waals surface area contributed by atoms with E-state index in [0.29, 0.717) is 47.0 Å². The van der Waals surface area contributed by atoms with Crippen molar-refractivity contribution in [2.45, 2.75) is 19.8 Å². The number of unbranched alkanes of at least 4 members (excludes halogenated alkanes) is 1. The zero-order valence-corrected chi connectivity index (χ0v) is 20.5. The average Bonchev–Trinajstić information content (AvgIpc) is 2.83. The highest BCUT2D eigenvalue weighted by Gasteiger charge is 2.13. The highest BCUT2D eigenvalue weighted by Crippen LogP contribution is 2.37. The third-order valence-electron chi connectivity index (χ3n) is 5.02. The van der Waals surface area contributed by atoms with Gasteiger partial charge in [0.05, 0.1) is 12.6 Å². The standard InChI is InChI=1S/C25H30FN3O4S/c1-17(30)34-13-5-4-9-28-11-12-32-25-16-21-19(15-24(25)31-3)22(8-10-29-21)33-23-7-6-18(27-2)14-20(23)26/h6-8,10,14-16,27-28H,4-5,9,11-13H2,1-3H3. The molecule has 2 N–H and O–H groups in total. The van der Waals surface area contributed by atoms with E-state index in [4.69, 9.17) is 14.2 Å². The molecule has 0 radical (unpaired) electrons. The predicted molar refractivity (Wildman–Crippen MR) is 135 cm³/mol. The fraction of sp³-hybridized carbons (Fsp3) is 0.360. The molecule has 0 aliphatic heterocycles. The molecule has 3 aromatic rings. The number of thioether (sulfide) groups is 1. The molecule has 0 saturated carbocycles. The minimum absolute atomic E-state index is 0.122. The Balaban J connectivity index is 1.61. The molecule has 0 amide bonds. The van der Waals surface area contributed by atoms with Crippen LogP contribution >= 0.6 is 11.8 Å². The van der Waals surface area contributed by atoms with Crippen molar-refractivity contribution in [3.8, 4) is 23.0 Å². The average molecular weight is 488 g/mol. The SMILES string of the molecule is CNc1ccc(Oc2ccnc3cc(OCCNCCCCSC(C)=O)c(OC)cc23)c(F)c1. The molecule has 0 aliphatic carbocycles. The largest absolute Gasteiger partial charge is 0.493 e. The Morgan fingerprint density at radius 2 is 1.91 bits per heavy atom. The molecule has 2 aromatic carbocycles. The van der Waals surface area contributed by atoms with Gasteiger partial charge in [-0.2, -0.15) is 0 Å². The number of hydrogen-bond acceptors (Lipinski definition) is 8. The van der Waals surface area contributed by atoms with Gasteiger partial charge in [-0.25, -0.2) is 4.39 Å². The summed E-state index contributed by atoms with van der Waals surface area (Å²) >= 11 is 1.36. The van der Waals surface area contributed by atoms with Gasteiger partial charge in [0.15, 0.2) is 28.2 Å². The molecule has 7 nitrogen and oxygen atoms in total. The lowest BCUT2D eigenvalue weighted by atomic mass is 10.1. The number of halogens is 1. The first-order valence-electron chi connectivity index (χ1n) is 11.1. The second kappa shape index (κ2) is 13.0. The van der Waals surface area contributed by atoms with Crippen molar-refractivity contribution in [1.82, 2.24) is 10.3 Å². The molecule has 9 heteroatoms. The van der Waals surface area contributed by atoms with E-state index in [-0.39, 0.29) is 10.9 Å². The number of carbonyl (C=O) groups is 1. The third kappa shape index (κ3) is 7.23. The first-order chi connectivity index (χ1) is 16.5. The first kappa shape index (κ1) is 25.6. The van der Waals surface area contributed by atoms with E-state index >= 15 is 0 Å². The Labute approximate surface area is 203 Å². The van der Waals surface area contributed by atoms with Gasteiger partial charge in [0.1, 0.15) is 12.4 Å². The van der Waals surface area contributed by atoms with Gasteiger partial charge in [-0.3, -0.25) is 9.78 Å². The summed E-state index contributed by atoms with van der Waals surface area (Å²) in [5.41, 5.74) is 1.31. The molecule has 1 aromatic heterocycles. The molecule has 0 fully saturated rings. The fourth-order valence-corrected chi connectivity index (χ4v) is 3.91. The minimum atomic E-state index is -0.464. The highest BCUT2D eigenvalue weighted by atomic mass is 32.2. The lowest BCUT2D eigenvalue weighted by molar-refractivity contribution is -0.109. The van der Waals surface area contributed by atoms with Gasteiger partial charge >= 0.3 is 0 Å². The Kier molecular flexibility index (Phi) is 9.78. The number of anilines is 1. The fourth-order valence-electron chi connectivity index (χ4n) is 3.27. The number of methoxy groups -OCH3 is 1. The van der Waals surface area contributed by atoms with E-state index < -0.39 is 5.82 Å². The van der Waals surface area contributed by atoms with E-state index in [1.54, 1.807) is 57.6 Å². The summed E-state index contributed by atoms with van der Waals surface area (Å²) in [6.07, 6.45) is 3.61. The molecule has 1 heterocycles. The van der Waals surface area contributed by atoms with Crippen molar-refractivity contribution in [3.05, 3.63) is 48.4 Å². The maximum absolute atomic E-state index is 14.4. The van der Waals surface area contributed by atoms with Crippen LogP contribution in [0.5, 0.6) is 23.0 Å². The summed E-state index contributed by atoms with van der Waals surface area (Å²) in [6.45, 7) is 3.60. The summed E-state index contributed by atoms with van der Waals surface area (Å²) in [7, 11) is 3.30. The van der Waals surface area contributed by atoms with Crippen LogP contribution in [-0.2, 0) is 4.79 Å². The number of carbonyl (C=O) groups excluding carboxylic acids is 1. The number of rotatable bonds is 13. The van der Waals surface area contributed by atoms with Crippen LogP contribution in [-0.4, -0.2) is 49.7 Å². The minimum Gasteiger partial charge on any atom is -0.493 e. The zero-order chi connectivity index (χ0) is 24.3. The second-order valence-corrected chi connectivity index (χ2v) is 8.74. The third-order valence-corrected chi connectivity index (χ3v) is 5.92. The van der Waals surface area contributed by atoms with Gasteiger partial charge in [0, 0.05) is 55.7 Å². The van der Waals surface area contributed by atoms with Crippen LogP contribution in [0.3, 0.4) is 0 Å². The Bertz CT molecular complexity index is 1110. The van der Waals surface area contributed by atoms with Gasteiger partial charge in [-0.05, 0) is 43.7 Å². The highest BCUT2D eigenvalue weighted by molar-refractivity contribution is 8.13. The predicted octanol–water partition coefficient (Wildman–Crippen LogP) is 5.24. The van der Waals surface area contributed by atoms with E-state index in [1.165, 1.54) is 17.8 Å². The van der Waals surface area contributed by atoms with Crippen molar-refractivity contribution < 1.29 is 23.4 Å². The molecule has 3 rings (SSSR count). The zero-order valence-electron chi connectivity index (χ0n) is 19.7.